The molecule has 5 nitrogen and oxygen atoms in total. The summed E-state index contributed by atoms with van der Waals surface area (Å²) in [4.78, 5) is 11.6. The number of rotatable bonds is 5. The summed E-state index contributed by atoms with van der Waals surface area (Å²) < 4.78 is 0. The number of carbonyl (C=O) groups excluding carboxylic acids is 1. The van der Waals surface area contributed by atoms with E-state index in [1.165, 1.54) is 0 Å². The van der Waals surface area contributed by atoms with E-state index in [4.69, 9.17) is 0 Å². The Morgan fingerprint density at radius 1 is 1.06 bits per heavy atom. The van der Waals surface area contributed by atoms with Gasteiger partial charge in [-0.05, 0) is 6.42 Å². The largest absolute Gasteiger partial charge is 0.390 e. The summed E-state index contributed by atoms with van der Waals surface area (Å²) in [6.45, 7) is 6.44. The molecule has 0 bridgehead atoms. The third-order valence-corrected chi connectivity index (χ3v) is 2.49. The molecular formula is C11H22O5. The maximum atomic E-state index is 11.6. The molecule has 0 aliphatic rings. The first-order valence-electron chi connectivity index (χ1n) is 5.39. The van der Waals surface area contributed by atoms with E-state index in [0.29, 0.717) is 0 Å². The van der Waals surface area contributed by atoms with Crippen LogP contribution in [0.5, 0.6) is 0 Å². The number of aliphatic hydroxyl groups excluding tert-OH is 4. The summed E-state index contributed by atoms with van der Waals surface area (Å²) in [7, 11) is 0. The molecule has 0 saturated carbocycles. The van der Waals surface area contributed by atoms with Crippen LogP contribution in [0.15, 0.2) is 0 Å². The van der Waals surface area contributed by atoms with Crippen LogP contribution in [0.1, 0.15) is 34.1 Å². The molecule has 0 rings (SSSR count). The van der Waals surface area contributed by atoms with Crippen LogP contribution in [0, 0.1) is 5.41 Å². The van der Waals surface area contributed by atoms with E-state index in [1.54, 1.807) is 27.7 Å². The van der Waals surface area contributed by atoms with E-state index in [2.05, 4.69) is 0 Å². The first-order chi connectivity index (χ1) is 7.12. The van der Waals surface area contributed by atoms with Gasteiger partial charge in [-0.2, -0.15) is 0 Å². The minimum atomic E-state index is -1.68. The third-order valence-electron chi connectivity index (χ3n) is 2.49. The van der Waals surface area contributed by atoms with Crippen LogP contribution in [-0.2, 0) is 4.79 Å². The van der Waals surface area contributed by atoms with Crippen LogP contribution in [0.3, 0.4) is 0 Å². The molecule has 4 atom stereocenters. The van der Waals surface area contributed by atoms with Crippen LogP contribution in [-0.4, -0.2) is 50.6 Å². The van der Waals surface area contributed by atoms with Gasteiger partial charge in [-0.3, -0.25) is 4.79 Å². The van der Waals surface area contributed by atoms with Gasteiger partial charge < -0.3 is 20.4 Å². The van der Waals surface area contributed by atoms with Crippen molar-refractivity contribution in [2.24, 2.45) is 5.41 Å². The second kappa shape index (κ2) is 5.72. The normalized spacial score (nSPS) is 20.0. The first-order valence-corrected chi connectivity index (χ1v) is 5.39. The summed E-state index contributed by atoms with van der Waals surface area (Å²) in [6, 6.07) is 0. The van der Waals surface area contributed by atoms with E-state index in [9.17, 15) is 25.2 Å². The highest BCUT2D eigenvalue weighted by Crippen LogP contribution is 2.20. The summed E-state index contributed by atoms with van der Waals surface area (Å²) in [5, 5.41) is 37.9. The first kappa shape index (κ1) is 15.5. The van der Waals surface area contributed by atoms with Crippen molar-refractivity contribution in [3.8, 4) is 0 Å². The van der Waals surface area contributed by atoms with E-state index in [0.717, 1.165) is 0 Å². The highest BCUT2D eigenvalue weighted by Gasteiger charge is 2.38. The molecule has 0 aromatic heterocycles. The summed E-state index contributed by atoms with van der Waals surface area (Å²) >= 11 is 0. The number of carbonyl (C=O) groups is 1. The lowest BCUT2D eigenvalue weighted by Crippen LogP contribution is -2.50. The van der Waals surface area contributed by atoms with Crippen molar-refractivity contribution >= 4 is 5.78 Å². The Kier molecular flexibility index (Phi) is 5.55. The zero-order valence-corrected chi connectivity index (χ0v) is 10.2. The van der Waals surface area contributed by atoms with Gasteiger partial charge in [0.2, 0.25) is 0 Å². The van der Waals surface area contributed by atoms with Gasteiger partial charge in [-0.15, -0.1) is 0 Å². The summed E-state index contributed by atoms with van der Waals surface area (Å²) in [5.41, 5.74) is -0.808. The lowest BCUT2D eigenvalue weighted by atomic mass is 9.84. The van der Waals surface area contributed by atoms with Crippen LogP contribution in [0.4, 0.5) is 0 Å². The van der Waals surface area contributed by atoms with Gasteiger partial charge in [0.1, 0.15) is 18.3 Å². The Hall–Kier alpha value is -0.490. The predicted octanol–water partition coefficient (Wildman–Crippen LogP) is -0.545. The highest BCUT2D eigenvalue weighted by molar-refractivity contribution is 5.88. The van der Waals surface area contributed by atoms with Crippen molar-refractivity contribution in [2.75, 3.05) is 0 Å². The van der Waals surface area contributed by atoms with Gasteiger partial charge in [0.15, 0.2) is 5.78 Å². The third kappa shape index (κ3) is 3.83. The average molecular weight is 234 g/mol. The van der Waals surface area contributed by atoms with E-state index in [1.807, 2.05) is 0 Å². The fourth-order valence-corrected chi connectivity index (χ4v) is 1.25. The molecule has 96 valence electrons. The van der Waals surface area contributed by atoms with Gasteiger partial charge in [0.05, 0.1) is 6.10 Å². The predicted molar refractivity (Wildman–Crippen MR) is 58.8 cm³/mol. The Morgan fingerprint density at radius 3 is 1.81 bits per heavy atom. The van der Waals surface area contributed by atoms with Crippen molar-refractivity contribution < 1.29 is 25.2 Å². The van der Waals surface area contributed by atoms with Crippen molar-refractivity contribution in [1.29, 1.82) is 0 Å². The topological polar surface area (TPSA) is 98.0 Å². The standard InChI is InChI=1S/C11H22O5/c1-5-6(12)7(13)8(14)9(15)10(16)11(2,3)4/h6-9,12-15H,5H2,1-4H3. The van der Waals surface area contributed by atoms with Gasteiger partial charge >= 0.3 is 0 Å². The fraction of sp³-hybridized carbons (Fsp3) is 0.909. The minimum absolute atomic E-state index is 0.231. The molecule has 5 heteroatoms. The molecule has 0 aliphatic carbocycles. The maximum Gasteiger partial charge on any atom is 0.169 e. The number of hydrogen-bond acceptors (Lipinski definition) is 5. The van der Waals surface area contributed by atoms with Crippen molar-refractivity contribution in [3.05, 3.63) is 0 Å². The van der Waals surface area contributed by atoms with Gasteiger partial charge in [-0.25, -0.2) is 0 Å². The lowest BCUT2D eigenvalue weighted by Gasteiger charge is -2.28. The minimum Gasteiger partial charge on any atom is -0.390 e. The van der Waals surface area contributed by atoms with Crippen LogP contribution >= 0.6 is 0 Å². The van der Waals surface area contributed by atoms with E-state index < -0.39 is 35.6 Å². The summed E-state index contributed by atoms with van der Waals surface area (Å²) in [6.07, 6.45) is -5.80. The van der Waals surface area contributed by atoms with Crippen molar-refractivity contribution in [2.45, 2.75) is 58.5 Å². The molecule has 0 aromatic rings. The zero-order chi connectivity index (χ0) is 13.1. The molecule has 0 aliphatic heterocycles. The molecule has 0 spiro atoms. The molecule has 4 N–H and O–H groups in total. The lowest BCUT2D eigenvalue weighted by molar-refractivity contribution is -0.151. The monoisotopic (exact) mass is 234 g/mol. The van der Waals surface area contributed by atoms with Crippen molar-refractivity contribution in [3.63, 3.8) is 0 Å². The smallest absolute Gasteiger partial charge is 0.169 e. The second-order valence-corrected chi connectivity index (χ2v) is 5.02. The zero-order valence-electron chi connectivity index (χ0n) is 10.2. The Bertz CT molecular complexity index is 233. The van der Waals surface area contributed by atoms with Crippen LogP contribution in [0.2, 0.25) is 0 Å². The molecule has 0 aromatic carbocycles. The molecule has 4 unspecified atom stereocenters. The number of aliphatic hydroxyl groups is 4. The van der Waals surface area contributed by atoms with Crippen molar-refractivity contribution in [1.82, 2.24) is 0 Å². The molecule has 0 heterocycles. The second-order valence-electron chi connectivity index (χ2n) is 5.02. The van der Waals surface area contributed by atoms with E-state index >= 15 is 0 Å². The quantitative estimate of drug-likeness (QED) is 0.512. The molecule has 0 fully saturated rings. The van der Waals surface area contributed by atoms with Crippen LogP contribution in [0.25, 0.3) is 0 Å². The molecule has 0 radical (unpaired) electrons. The average Bonchev–Trinajstić information content (AvgIpc) is 2.22. The highest BCUT2D eigenvalue weighted by atomic mass is 16.4. The number of Topliss-reactive ketones (excluding diaryl/α,β-unsaturated/α-hetero) is 1. The van der Waals surface area contributed by atoms with Crippen LogP contribution < -0.4 is 0 Å². The Morgan fingerprint density at radius 2 is 1.50 bits per heavy atom. The molecule has 0 amide bonds. The fourth-order valence-electron chi connectivity index (χ4n) is 1.25. The SMILES string of the molecule is CCC(O)C(O)C(O)C(O)C(=O)C(C)(C)C. The summed E-state index contributed by atoms with van der Waals surface area (Å²) in [5.74, 6) is -0.567. The number of ketones is 1. The molecule has 16 heavy (non-hydrogen) atoms. The van der Waals surface area contributed by atoms with Gasteiger partial charge in [-0.1, -0.05) is 27.7 Å². The molecular weight excluding hydrogens is 212 g/mol. The van der Waals surface area contributed by atoms with Gasteiger partial charge in [0, 0.05) is 5.41 Å². The van der Waals surface area contributed by atoms with E-state index in [-0.39, 0.29) is 6.42 Å². The Balaban J connectivity index is 4.61. The Labute approximate surface area is 95.7 Å². The maximum absolute atomic E-state index is 11.6. The van der Waals surface area contributed by atoms with Gasteiger partial charge in [0.25, 0.3) is 0 Å². The molecule has 0 saturated heterocycles. The number of hydrogen-bond donors (Lipinski definition) is 4.